The van der Waals surface area contributed by atoms with Crippen LogP contribution in [0.15, 0.2) is 48.5 Å². The second-order valence-corrected chi connectivity index (χ2v) is 6.48. The molecule has 0 saturated heterocycles. The summed E-state index contributed by atoms with van der Waals surface area (Å²) < 4.78 is 4.96. The van der Waals surface area contributed by atoms with Crippen molar-refractivity contribution in [2.45, 2.75) is 25.9 Å². The molecule has 1 amide bonds. The van der Waals surface area contributed by atoms with E-state index in [4.69, 9.17) is 4.74 Å². The Balaban J connectivity index is 2.22. The molecule has 25 heavy (non-hydrogen) atoms. The first kappa shape index (κ1) is 17.0. The minimum atomic E-state index is -1.04. The van der Waals surface area contributed by atoms with Gasteiger partial charge in [0.15, 0.2) is 0 Å². The molecule has 0 heterocycles. The Hall–Kier alpha value is -2.82. The maximum Gasteiger partial charge on any atom is 0.411 e. The van der Waals surface area contributed by atoms with Gasteiger partial charge in [-0.05, 0) is 28.2 Å². The lowest BCUT2D eigenvalue weighted by Gasteiger charge is -2.35. The lowest BCUT2D eigenvalue weighted by molar-refractivity contribution is -0.145. The third kappa shape index (κ3) is 2.76. The molecule has 0 bridgehead atoms. The first-order valence-electron chi connectivity index (χ1n) is 8.24. The van der Waals surface area contributed by atoms with Gasteiger partial charge in [0.25, 0.3) is 0 Å². The summed E-state index contributed by atoms with van der Waals surface area (Å²) in [6, 6.07) is 14.1. The van der Waals surface area contributed by atoms with Gasteiger partial charge >= 0.3 is 12.1 Å². The lowest BCUT2D eigenvalue weighted by Crippen LogP contribution is -2.49. The molecule has 5 heteroatoms. The molecule has 5 nitrogen and oxygen atoms in total. The predicted octanol–water partition coefficient (Wildman–Crippen LogP) is 3.93. The van der Waals surface area contributed by atoms with Crippen molar-refractivity contribution in [3.8, 4) is 11.1 Å². The highest BCUT2D eigenvalue weighted by molar-refractivity contribution is 5.85. The molecule has 130 valence electrons. The SMILES string of the molecule is COC(=O)N(C1c2ccccc2-c2ccccc21)[C@H](C(=O)O)C(C)C. The summed E-state index contributed by atoms with van der Waals surface area (Å²) in [5.74, 6) is -1.31. The van der Waals surface area contributed by atoms with Crippen LogP contribution in [0.5, 0.6) is 0 Å². The quantitative estimate of drug-likeness (QED) is 0.916. The maximum absolute atomic E-state index is 12.6. The summed E-state index contributed by atoms with van der Waals surface area (Å²) in [6.07, 6.45) is -0.641. The molecule has 1 aliphatic carbocycles. The molecule has 1 atom stereocenters. The normalized spacial score (nSPS) is 13.9. The van der Waals surface area contributed by atoms with E-state index in [9.17, 15) is 14.7 Å². The van der Waals surface area contributed by atoms with E-state index in [-0.39, 0.29) is 5.92 Å². The number of nitrogens with zero attached hydrogens (tertiary/aromatic N) is 1. The Morgan fingerprint density at radius 1 is 1.00 bits per heavy atom. The Morgan fingerprint density at radius 2 is 1.48 bits per heavy atom. The molecule has 3 rings (SSSR count). The zero-order chi connectivity index (χ0) is 18.1. The lowest BCUT2D eigenvalue weighted by atomic mass is 9.96. The van der Waals surface area contributed by atoms with E-state index in [2.05, 4.69) is 0 Å². The average Bonchev–Trinajstić information content (AvgIpc) is 2.92. The van der Waals surface area contributed by atoms with E-state index in [1.165, 1.54) is 12.0 Å². The third-order valence-electron chi connectivity index (χ3n) is 4.65. The summed E-state index contributed by atoms with van der Waals surface area (Å²) >= 11 is 0. The minimum absolute atomic E-state index is 0.267. The maximum atomic E-state index is 12.6. The molecule has 0 fully saturated rings. The number of carboxylic acid groups (broad SMARTS) is 1. The summed E-state index contributed by atoms with van der Waals surface area (Å²) in [5.41, 5.74) is 3.87. The van der Waals surface area contributed by atoms with E-state index >= 15 is 0 Å². The van der Waals surface area contributed by atoms with Crippen LogP contribution in [0.4, 0.5) is 4.79 Å². The van der Waals surface area contributed by atoms with Crippen molar-refractivity contribution in [2.75, 3.05) is 7.11 Å². The van der Waals surface area contributed by atoms with Gasteiger partial charge in [-0.25, -0.2) is 9.59 Å². The van der Waals surface area contributed by atoms with Crippen molar-refractivity contribution in [3.63, 3.8) is 0 Å². The number of methoxy groups -OCH3 is 1. The summed E-state index contributed by atoms with van der Waals surface area (Å²) in [5, 5.41) is 9.77. The highest BCUT2D eigenvalue weighted by Gasteiger charge is 2.43. The summed E-state index contributed by atoms with van der Waals surface area (Å²) in [6.45, 7) is 3.59. The number of carbonyl (C=O) groups excluding carboxylic acids is 1. The number of amides is 1. The first-order chi connectivity index (χ1) is 12.0. The number of carboxylic acids is 1. The van der Waals surface area contributed by atoms with Crippen molar-refractivity contribution in [2.24, 2.45) is 5.92 Å². The fourth-order valence-corrected chi connectivity index (χ4v) is 3.64. The van der Waals surface area contributed by atoms with Crippen LogP contribution < -0.4 is 0 Å². The molecule has 0 saturated carbocycles. The number of fused-ring (bicyclic) bond motifs is 3. The molecule has 0 unspecified atom stereocenters. The van der Waals surface area contributed by atoms with Crippen LogP contribution in [0.25, 0.3) is 11.1 Å². The third-order valence-corrected chi connectivity index (χ3v) is 4.65. The van der Waals surface area contributed by atoms with Crippen molar-refractivity contribution in [3.05, 3.63) is 59.7 Å². The van der Waals surface area contributed by atoms with Crippen LogP contribution in [0.3, 0.4) is 0 Å². The highest BCUT2D eigenvalue weighted by Crippen LogP contribution is 2.47. The number of carbonyl (C=O) groups is 2. The van der Waals surface area contributed by atoms with E-state index < -0.39 is 24.1 Å². The summed E-state index contributed by atoms with van der Waals surface area (Å²) in [4.78, 5) is 25.9. The number of hydrogen-bond donors (Lipinski definition) is 1. The predicted molar refractivity (Wildman–Crippen MR) is 94.2 cm³/mol. The zero-order valence-corrected chi connectivity index (χ0v) is 14.5. The largest absolute Gasteiger partial charge is 0.480 e. The van der Waals surface area contributed by atoms with Crippen LogP contribution >= 0.6 is 0 Å². The van der Waals surface area contributed by atoms with Crippen LogP contribution in [0.1, 0.15) is 31.0 Å². The molecular formula is C20H21NO4. The second kappa shape index (κ2) is 6.59. The molecule has 0 aliphatic heterocycles. The average molecular weight is 339 g/mol. The van der Waals surface area contributed by atoms with Gasteiger partial charge in [-0.2, -0.15) is 0 Å². The van der Waals surface area contributed by atoms with Crippen LogP contribution in [-0.2, 0) is 9.53 Å². The fraction of sp³-hybridized carbons (Fsp3) is 0.300. The van der Waals surface area contributed by atoms with Gasteiger partial charge in [-0.3, -0.25) is 4.90 Å². The molecule has 1 N–H and O–H groups in total. The van der Waals surface area contributed by atoms with Crippen molar-refractivity contribution in [1.29, 1.82) is 0 Å². The van der Waals surface area contributed by atoms with Gasteiger partial charge in [-0.15, -0.1) is 0 Å². The molecule has 0 aromatic heterocycles. The number of hydrogen-bond acceptors (Lipinski definition) is 3. The van der Waals surface area contributed by atoms with Gasteiger partial charge in [0.05, 0.1) is 13.2 Å². The Kier molecular flexibility index (Phi) is 4.49. The van der Waals surface area contributed by atoms with Crippen LogP contribution in [-0.4, -0.2) is 35.2 Å². The summed E-state index contributed by atoms with van der Waals surface area (Å²) in [7, 11) is 1.28. The number of rotatable bonds is 4. The minimum Gasteiger partial charge on any atom is -0.480 e. The zero-order valence-electron chi connectivity index (χ0n) is 14.5. The van der Waals surface area contributed by atoms with Gasteiger partial charge in [0.2, 0.25) is 0 Å². The monoisotopic (exact) mass is 339 g/mol. The standard InChI is InChI=1S/C20H21NO4/c1-12(2)17(19(22)23)21(20(24)25-3)18-15-10-6-4-8-13(15)14-9-5-7-11-16(14)18/h4-12,17-18H,1-3H3,(H,22,23)/t17-/m0/s1. The molecule has 0 spiro atoms. The van der Waals surface area contributed by atoms with Gasteiger partial charge < -0.3 is 9.84 Å². The van der Waals surface area contributed by atoms with Crippen molar-refractivity contribution < 1.29 is 19.4 Å². The molecule has 2 aromatic carbocycles. The van der Waals surface area contributed by atoms with Gasteiger partial charge in [0, 0.05) is 0 Å². The van der Waals surface area contributed by atoms with Crippen molar-refractivity contribution in [1.82, 2.24) is 4.90 Å². The first-order valence-corrected chi connectivity index (χ1v) is 8.24. The number of benzene rings is 2. The fourth-order valence-electron chi connectivity index (χ4n) is 3.64. The van der Waals surface area contributed by atoms with E-state index in [0.29, 0.717) is 0 Å². The Labute approximate surface area is 146 Å². The molecule has 1 aliphatic rings. The van der Waals surface area contributed by atoms with Crippen LogP contribution in [0.2, 0.25) is 0 Å². The molecular weight excluding hydrogens is 318 g/mol. The van der Waals surface area contributed by atoms with E-state index in [1.54, 1.807) is 13.8 Å². The molecule has 2 aromatic rings. The van der Waals surface area contributed by atoms with Crippen LogP contribution in [0, 0.1) is 5.92 Å². The van der Waals surface area contributed by atoms with Crippen molar-refractivity contribution >= 4 is 12.1 Å². The van der Waals surface area contributed by atoms with E-state index in [1.807, 2.05) is 48.5 Å². The number of ether oxygens (including phenoxy) is 1. The Morgan fingerprint density at radius 3 is 1.88 bits per heavy atom. The second-order valence-electron chi connectivity index (χ2n) is 6.48. The Bertz CT molecular complexity index is 769. The molecule has 0 radical (unpaired) electrons. The number of aliphatic carboxylic acids is 1. The van der Waals surface area contributed by atoms with E-state index in [0.717, 1.165) is 22.3 Å². The van der Waals surface area contributed by atoms with Gasteiger partial charge in [-0.1, -0.05) is 62.4 Å². The van der Waals surface area contributed by atoms with Gasteiger partial charge in [0.1, 0.15) is 6.04 Å². The smallest absolute Gasteiger partial charge is 0.411 e. The topological polar surface area (TPSA) is 66.8 Å². The highest BCUT2D eigenvalue weighted by atomic mass is 16.5.